The first-order valence-corrected chi connectivity index (χ1v) is 6.16. The van der Waals surface area contributed by atoms with Gasteiger partial charge in [0.05, 0.1) is 12.3 Å². The van der Waals surface area contributed by atoms with Gasteiger partial charge in [0.1, 0.15) is 11.8 Å². The molecule has 88 valence electrons. The van der Waals surface area contributed by atoms with E-state index in [-0.39, 0.29) is 12.2 Å². The van der Waals surface area contributed by atoms with Gasteiger partial charge in [-0.3, -0.25) is 4.79 Å². The van der Waals surface area contributed by atoms with E-state index in [1.54, 1.807) is 0 Å². The summed E-state index contributed by atoms with van der Waals surface area (Å²) in [5.74, 6) is -1.44. The zero-order chi connectivity index (χ0) is 12.0. The van der Waals surface area contributed by atoms with Crippen LogP contribution in [0.1, 0.15) is 13.3 Å². The van der Waals surface area contributed by atoms with Crippen molar-refractivity contribution in [2.45, 2.75) is 25.4 Å². The first-order valence-electron chi connectivity index (χ1n) is 4.43. The third kappa shape index (κ3) is 6.32. The lowest BCUT2D eigenvalue weighted by Gasteiger charge is -2.15. The molecule has 0 aromatic heterocycles. The molecule has 6 nitrogen and oxygen atoms in total. The van der Waals surface area contributed by atoms with Gasteiger partial charge in [0.25, 0.3) is 0 Å². The van der Waals surface area contributed by atoms with E-state index in [9.17, 15) is 14.1 Å². The normalized spacial score (nSPS) is 16.5. The minimum Gasteiger partial charge on any atom is -0.617 e. The van der Waals surface area contributed by atoms with Gasteiger partial charge in [0, 0.05) is 6.42 Å². The van der Waals surface area contributed by atoms with Crippen LogP contribution in [0, 0.1) is 0 Å². The van der Waals surface area contributed by atoms with Gasteiger partial charge in [-0.1, -0.05) is 11.2 Å². The Morgan fingerprint density at radius 2 is 2.13 bits per heavy atom. The summed E-state index contributed by atoms with van der Waals surface area (Å²) in [6.45, 7) is 1.46. The van der Waals surface area contributed by atoms with Crippen LogP contribution in [-0.2, 0) is 20.8 Å². The zero-order valence-corrected chi connectivity index (χ0v) is 9.54. The van der Waals surface area contributed by atoms with Crippen LogP contribution < -0.4 is 11.1 Å². The highest BCUT2D eigenvalue weighted by atomic mass is 32.2. The summed E-state index contributed by atoms with van der Waals surface area (Å²) in [7, 11) is 0. The molecule has 4 N–H and O–H groups in total. The summed E-state index contributed by atoms with van der Waals surface area (Å²) in [5.41, 5.74) is 5.28. The molecule has 1 amide bonds. The summed E-state index contributed by atoms with van der Waals surface area (Å²) < 4.78 is 10.8. The van der Waals surface area contributed by atoms with Crippen molar-refractivity contribution in [3.05, 3.63) is 0 Å². The van der Waals surface area contributed by atoms with E-state index < -0.39 is 35.1 Å². The SMILES string of the molecule is CC(N)C(=O)NC(CC[S+](C)[O-])C(=O)O. The molecule has 0 aliphatic heterocycles. The Bertz CT molecular complexity index is 233. The van der Waals surface area contributed by atoms with Crippen molar-refractivity contribution in [1.82, 2.24) is 5.32 Å². The molecule has 0 aromatic carbocycles. The Kier molecular flexibility index (Phi) is 6.30. The van der Waals surface area contributed by atoms with Crippen molar-refractivity contribution in [3.8, 4) is 0 Å². The molecule has 0 aliphatic rings. The maximum absolute atomic E-state index is 11.1. The second kappa shape index (κ2) is 6.65. The molecule has 0 spiro atoms. The van der Waals surface area contributed by atoms with Gasteiger partial charge in [0.2, 0.25) is 5.91 Å². The summed E-state index contributed by atoms with van der Waals surface area (Å²) >= 11 is -1.07. The third-order valence-corrected chi connectivity index (χ3v) is 2.53. The summed E-state index contributed by atoms with van der Waals surface area (Å²) in [6, 6.07) is -1.77. The number of hydrogen-bond acceptors (Lipinski definition) is 4. The number of amides is 1. The van der Waals surface area contributed by atoms with Gasteiger partial charge in [-0.15, -0.1) is 0 Å². The summed E-state index contributed by atoms with van der Waals surface area (Å²) in [5, 5.41) is 11.0. The number of carbonyl (C=O) groups is 2. The number of carbonyl (C=O) groups excluding carboxylic acids is 1. The molecule has 3 unspecified atom stereocenters. The maximum atomic E-state index is 11.1. The van der Waals surface area contributed by atoms with E-state index in [2.05, 4.69) is 5.32 Å². The van der Waals surface area contributed by atoms with Crippen LogP contribution in [0.5, 0.6) is 0 Å². The minimum atomic E-state index is -1.14. The van der Waals surface area contributed by atoms with E-state index in [0.29, 0.717) is 0 Å². The van der Waals surface area contributed by atoms with Crippen LogP contribution in [-0.4, -0.2) is 45.6 Å². The molecule has 0 bridgehead atoms. The second-order valence-electron chi connectivity index (χ2n) is 3.25. The van der Waals surface area contributed by atoms with E-state index in [1.165, 1.54) is 13.2 Å². The maximum Gasteiger partial charge on any atom is 0.326 e. The quantitative estimate of drug-likeness (QED) is 0.494. The Morgan fingerprint density at radius 3 is 2.47 bits per heavy atom. The first-order chi connectivity index (χ1) is 6.84. The first kappa shape index (κ1) is 14.2. The largest absolute Gasteiger partial charge is 0.617 e. The highest BCUT2D eigenvalue weighted by Gasteiger charge is 2.22. The molecule has 0 heterocycles. The Morgan fingerprint density at radius 1 is 1.60 bits per heavy atom. The summed E-state index contributed by atoms with van der Waals surface area (Å²) in [4.78, 5) is 21.8. The van der Waals surface area contributed by atoms with Crippen LogP contribution in [0.4, 0.5) is 0 Å². The van der Waals surface area contributed by atoms with Crippen molar-refractivity contribution in [3.63, 3.8) is 0 Å². The molecular formula is C8H16N2O4S. The molecular weight excluding hydrogens is 220 g/mol. The van der Waals surface area contributed by atoms with Crippen LogP contribution in [0.2, 0.25) is 0 Å². The van der Waals surface area contributed by atoms with Crippen LogP contribution in [0.25, 0.3) is 0 Å². The van der Waals surface area contributed by atoms with E-state index in [1.807, 2.05) is 0 Å². The van der Waals surface area contributed by atoms with Crippen molar-refractivity contribution >= 4 is 23.1 Å². The fourth-order valence-corrected chi connectivity index (χ4v) is 1.41. The van der Waals surface area contributed by atoms with Crippen molar-refractivity contribution < 1.29 is 19.2 Å². The average Bonchev–Trinajstić information content (AvgIpc) is 2.10. The number of carboxylic acid groups (broad SMARTS) is 1. The molecule has 0 aliphatic carbocycles. The van der Waals surface area contributed by atoms with E-state index in [0.717, 1.165) is 0 Å². The molecule has 3 atom stereocenters. The predicted octanol–water partition coefficient (Wildman–Crippen LogP) is -1.33. The van der Waals surface area contributed by atoms with Crippen LogP contribution >= 0.6 is 0 Å². The molecule has 0 radical (unpaired) electrons. The van der Waals surface area contributed by atoms with Crippen molar-refractivity contribution in [2.24, 2.45) is 5.73 Å². The number of nitrogens with two attached hydrogens (primary N) is 1. The molecule has 7 heteroatoms. The van der Waals surface area contributed by atoms with Gasteiger partial charge in [-0.2, -0.15) is 0 Å². The predicted molar refractivity (Wildman–Crippen MR) is 56.8 cm³/mol. The fraction of sp³-hybridized carbons (Fsp3) is 0.750. The third-order valence-electron chi connectivity index (χ3n) is 1.72. The number of hydrogen-bond donors (Lipinski definition) is 3. The highest BCUT2D eigenvalue weighted by Crippen LogP contribution is 1.97. The number of aliphatic carboxylic acids is 1. The molecule has 0 fully saturated rings. The van der Waals surface area contributed by atoms with Gasteiger partial charge < -0.3 is 20.7 Å². The molecule has 0 rings (SSSR count). The molecule has 0 saturated heterocycles. The topological polar surface area (TPSA) is 115 Å². The van der Waals surface area contributed by atoms with Gasteiger partial charge in [-0.05, 0) is 6.92 Å². The average molecular weight is 236 g/mol. The Hall–Kier alpha value is -0.790. The minimum absolute atomic E-state index is 0.136. The summed E-state index contributed by atoms with van der Waals surface area (Å²) in [6.07, 6.45) is 1.61. The van der Waals surface area contributed by atoms with Gasteiger partial charge in [-0.25, -0.2) is 4.79 Å². The van der Waals surface area contributed by atoms with Crippen LogP contribution in [0.15, 0.2) is 0 Å². The molecule has 15 heavy (non-hydrogen) atoms. The Labute approximate surface area is 91.4 Å². The Balaban J connectivity index is 4.17. The molecule has 0 aromatic rings. The van der Waals surface area contributed by atoms with Crippen LogP contribution in [0.3, 0.4) is 0 Å². The lowest BCUT2D eigenvalue weighted by atomic mass is 10.2. The standard InChI is InChI=1S/C8H16N2O4S/c1-5(9)7(11)10-6(8(12)13)3-4-15(2)14/h5-6H,3-4,9H2,1-2H3,(H,10,11)(H,12,13). The fourth-order valence-electron chi connectivity index (χ4n) is 0.844. The lowest BCUT2D eigenvalue weighted by molar-refractivity contribution is -0.142. The number of carboxylic acids is 1. The highest BCUT2D eigenvalue weighted by molar-refractivity contribution is 7.90. The van der Waals surface area contributed by atoms with Crippen molar-refractivity contribution in [2.75, 3.05) is 12.0 Å². The van der Waals surface area contributed by atoms with Gasteiger partial charge >= 0.3 is 5.97 Å². The van der Waals surface area contributed by atoms with Gasteiger partial charge in [0.15, 0.2) is 0 Å². The van der Waals surface area contributed by atoms with E-state index >= 15 is 0 Å². The zero-order valence-electron chi connectivity index (χ0n) is 8.73. The number of nitrogens with one attached hydrogen (secondary N) is 1. The number of rotatable bonds is 6. The smallest absolute Gasteiger partial charge is 0.326 e. The molecule has 0 saturated carbocycles. The lowest BCUT2D eigenvalue weighted by Crippen LogP contribution is -2.47. The van der Waals surface area contributed by atoms with Crippen molar-refractivity contribution in [1.29, 1.82) is 0 Å². The monoisotopic (exact) mass is 236 g/mol. The second-order valence-corrected chi connectivity index (χ2v) is 4.81. The van der Waals surface area contributed by atoms with E-state index in [4.69, 9.17) is 10.8 Å².